The van der Waals surface area contributed by atoms with E-state index in [-0.39, 0.29) is 0 Å². The summed E-state index contributed by atoms with van der Waals surface area (Å²) in [6.07, 6.45) is 1.81. The molecule has 2 heteroatoms. The molecule has 0 fully saturated rings. The van der Waals surface area contributed by atoms with Crippen LogP contribution in [0.2, 0.25) is 0 Å². The second-order valence-electron chi connectivity index (χ2n) is 0.942. The monoisotopic (exact) mass is 65.0 g/mol. The van der Waals surface area contributed by atoms with Crippen molar-refractivity contribution in [1.29, 1.82) is 0 Å². The average molecular weight is 64.9 g/mol. The number of hydrogen-bond donors (Lipinski definition) is 0. The van der Waals surface area contributed by atoms with Crippen LogP contribution in [0.1, 0.15) is 0 Å². The first-order valence-corrected chi connectivity index (χ1v) is 1.65. The molecule has 0 saturated heterocycles. The van der Waals surface area contributed by atoms with E-state index in [2.05, 4.69) is 4.99 Å². The Morgan fingerprint density at radius 2 is 2.80 bits per heavy atom. The van der Waals surface area contributed by atoms with Gasteiger partial charge in [0.15, 0.2) is 0 Å². The van der Waals surface area contributed by atoms with Crippen LogP contribution in [0.5, 0.6) is 0 Å². The van der Waals surface area contributed by atoms with Gasteiger partial charge in [0.25, 0.3) is 0 Å². The van der Waals surface area contributed by atoms with E-state index in [4.69, 9.17) is 0 Å². The summed E-state index contributed by atoms with van der Waals surface area (Å²) in [6.45, 7) is 2.83. The van der Waals surface area contributed by atoms with Gasteiger partial charge in [0.1, 0.15) is 0 Å². The number of nitrogens with zero attached hydrogens (tertiary/aromatic N) is 1. The first kappa shape index (κ1) is 2.82. The predicted octanol–water partition coefficient (Wildman–Crippen LogP) is -0.465. The number of hydrogen-bond acceptors (Lipinski definition) is 1. The van der Waals surface area contributed by atoms with E-state index >= 15 is 0 Å². The zero-order chi connectivity index (χ0) is 3.54. The molecular weight excluding hydrogens is 60.9 g/mol. The summed E-state index contributed by atoms with van der Waals surface area (Å²) < 4.78 is 0. The number of aliphatic imine (C=N–C) groups is 1. The van der Waals surface area contributed by atoms with Crippen molar-refractivity contribution in [2.45, 2.75) is 0 Å². The standard InChI is InChI=1S/C3H4BN/c1-2-5-3-4-1/h1,3H,2H2. The first-order chi connectivity index (χ1) is 2.50. The van der Waals surface area contributed by atoms with Crippen molar-refractivity contribution in [2.75, 3.05) is 6.54 Å². The van der Waals surface area contributed by atoms with E-state index in [1.165, 1.54) is 0 Å². The predicted molar refractivity (Wildman–Crippen MR) is 25.2 cm³/mol. The molecule has 0 amide bonds. The van der Waals surface area contributed by atoms with Gasteiger partial charge in [-0.3, -0.25) is 0 Å². The number of rotatable bonds is 0. The van der Waals surface area contributed by atoms with Gasteiger partial charge in [-0.2, -0.15) is 0 Å². The molecule has 5 heavy (non-hydrogen) atoms. The first-order valence-electron chi connectivity index (χ1n) is 1.65. The molecule has 0 aromatic heterocycles. The Labute approximate surface area is 31.6 Å². The minimum absolute atomic E-state index is 0.889. The Bertz CT molecular complexity index is 65.0. The second-order valence-corrected chi connectivity index (χ2v) is 0.942. The molecule has 1 aliphatic rings. The van der Waals surface area contributed by atoms with Crippen molar-refractivity contribution < 1.29 is 0 Å². The summed E-state index contributed by atoms with van der Waals surface area (Å²) in [7, 11) is 0. The van der Waals surface area contributed by atoms with Gasteiger partial charge < -0.3 is 0 Å². The fourth-order valence-electron chi connectivity index (χ4n) is 0.304. The van der Waals surface area contributed by atoms with Gasteiger partial charge in [-0.05, 0) is 0 Å². The van der Waals surface area contributed by atoms with E-state index in [9.17, 15) is 0 Å². The molecule has 0 spiro atoms. The Kier molecular flexibility index (Phi) is 0.651. The van der Waals surface area contributed by atoms with Crippen molar-refractivity contribution in [3.05, 3.63) is 0 Å². The van der Waals surface area contributed by atoms with Crippen LogP contribution in [0.3, 0.4) is 0 Å². The fourth-order valence-corrected chi connectivity index (χ4v) is 0.304. The Balaban J connectivity index is 2.61. The van der Waals surface area contributed by atoms with Crippen LogP contribution in [0.15, 0.2) is 4.99 Å². The zero-order valence-corrected chi connectivity index (χ0v) is 2.89. The molecule has 0 aromatic rings. The average Bonchev–Trinajstić information content (AvgIpc) is 1.76. The van der Waals surface area contributed by atoms with Gasteiger partial charge >= 0.3 is 30.5 Å². The molecule has 24 valence electrons. The topological polar surface area (TPSA) is 12.4 Å². The van der Waals surface area contributed by atoms with E-state index < -0.39 is 0 Å². The molecule has 1 aliphatic heterocycles. The molecule has 0 N–H and O–H groups in total. The van der Waals surface area contributed by atoms with Gasteiger partial charge in [0.05, 0.1) is 0 Å². The summed E-state index contributed by atoms with van der Waals surface area (Å²) in [5, 5.41) is 0. The van der Waals surface area contributed by atoms with E-state index in [1.807, 2.05) is 12.9 Å². The van der Waals surface area contributed by atoms with Crippen molar-refractivity contribution in [1.82, 2.24) is 0 Å². The van der Waals surface area contributed by atoms with Crippen molar-refractivity contribution >= 4 is 19.0 Å². The quantitative estimate of drug-likeness (QED) is 0.338. The van der Waals surface area contributed by atoms with Gasteiger partial charge in [0, 0.05) is 0 Å². The third-order valence-electron chi connectivity index (χ3n) is 0.538. The van der Waals surface area contributed by atoms with Crippen LogP contribution in [0.4, 0.5) is 0 Å². The Morgan fingerprint density at radius 3 is 3.00 bits per heavy atom. The maximum atomic E-state index is 3.85. The third kappa shape index (κ3) is 0.438. The van der Waals surface area contributed by atoms with Gasteiger partial charge in [-0.15, -0.1) is 0 Å². The van der Waals surface area contributed by atoms with Gasteiger partial charge in [0.2, 0.25) is 0 Å². The summed E-state index contributed by atoms with van der Waals surface area (Å²) in [5.74, 6) is 2.01. The maximum absolute atomic E-state index is 3.85. The summed E-state index contributed by atoms with van der Waals surface area (Å²) in [4.78, 5) is 3.85. The van der Waals surface area contributed by atoms with E-state index in [0.717, 1.165) is 6.54 Å². The van der Waals surface area contributed by atoms with Crippen molar-refractivity contribution in [3.63, 3.8) is 0 Å². The second kappa shape index (κ2) is 1.15. The molecule has 1 heterocycles. The fraction of sp³-hybridized carbons (Fsp3) is 0.333. The van der Waals surface area contributed by atoms with Gasteiger partial charge in [-0.1, -0.05) is 0 Å². The van der Waals surface area contributed by atoms with Crippen LogP contribution < -0.4 is 0 Å². The summed E-state index contributed by atoms with van der Waals surface area (Å²) >= 11 is 0. The third-order valence-corrected chi connectivity index (χ3v) is 0.538. The van der Waals surface area contributed by atoms with Crippen LogP contribution >= 0.6 is 0 Å². The zero-order valence-electron chi connectivity index (χ0n) is 2.89. The molecule has 1 rings (SSSR count). The van der Waals surface area contributed by atoms with E-state index in [1.54, 1.807) is 6.11 Å². The van der Waals surface area contributed by atoms with Crippen LogP contribution in [0.25, 0.3) is 0 Å². The Hall–Kier alpha value is -0.395. The molecule has 1 nitrogen and oxygen atoms in total. The SMILES string of the molecule is B1=CCN=C1. The van der Waals surface area contributed by atoms with Crippen LogP contribution in [0, 0.1) is 0 Å². The molecular formula is C3H4BN. The summed E-state index contributed by atoms with van der Waals surface area (Å²) in [5.41, 5.74) is 0. The Morgan fingerprint density at radius 1 is 1.80 bits per heavy atom. The van der Waals surface area contributed by atoms with Gasteiger partial charge in [-0.25, -0.2) is 0 Å². The van der Waals surface area contributed by atoms with E-state index in [0.29, 0.717) is 0 Å². The van der Waals surface area contributed by atoms with Crippen LogP contribution in [-0.4, -0.2) is 25.5 Å². The van der Waals surface area contributed by atoms with Crippen molar-refractivity contribution in [3.8, 4) is 0 Å². The van der Waals surface area contributed by atoms with Crippen molar-refractivity contribution in [2.24, 2.45) is 4.99 Å². The molecule has 0 aromatic carbocycles. The molecule has 0 saturated carbocycles. The minimum atomic E-state index is 0.889. The van der Waals surface area contributed by atoms with Crippen LogP contribution in [-0.2, 0) is 0 Å². The normalized spacial score (nSPS) is 16.0. The molecule has 0 aliphatic carbocycles. The molecule has 0 atom stereocenters. The molecule has 0 unspecified atom stereocenters. The summed E-state index contributed by atoms with van der Waals surface area (Å²) in [6, 6.07) is 0. The molecule has 0 bridgehead atoms. The molecule has 0 radical (unpaired) electrons.